The second-order valence-electron chi connectivity index (χ2n) is 7.08. The summed E-state index contributed by atoms with van der Waals surface area (Å²) in [5, 5.41) is 9.09. The summed E-state index contributed by atoms with van der Waals surface area (Å²) in [6.07, 6.45) is 0. The van der Waals surface area contributed by atoms with Gasteiger partial charge in [0.25, 0.3) is 5.56 Å². The summed E-state index contributed by atoms with van der Waals surface area (Å²) in [6, 6.07) is 14.9. The number of hydrogen-bond donors (Lipinski definition) is 2. The van der Waals surface area contributed by atoms with Crippen LogP contribution in [0.3, 0.4) is 0 Å². The highest BCUT2D eigenvalue weighted by molar-refractivity contribution is 7.91. The van der Waals surface area contributed by atoms with Gasteiger partial charge in [-0.3, -0.25) is 9.59 Å². The van der Waals surface area contributed by atoms with Gasteiger partial charge in [-0.25, -0.2) is 13.2 Å². The molecule has 8 nitrogen and oxygen atoms in total. The van der Waals surface area contributed by atoms with Gasteiger partial charge in [-0.15, -0.1) is 0 Å². The lowest BCUT2D eigenvalue weighted by molar-refractivity contribution is 0.103. The standard InChI is InChI=1S/C22H15ClN2O6S/c1-12-9-14(20(26)13-5-3-2-4-6-13)11-15(10-12)32(30,31)17-8-7-16(23)18-19(17)24-22(28)25(29)21(18)27/h2-11,29H,1H3,(H,24,28). The van der Waals surface area contributed by atoms with E-state index in [2.05, 4.69) is 4.98 Å². The molecule has 0 radical (unpaired) electrons. The lowest BCUT2D eigenvalue weighted by atomic mass is 10.0. The summed E-state index contributed by atoms with van der Waals surface area (Å²) in [4.78, 5) is 38.7. The minimum Gasteiger partial charge on any atom is -0.421 e. The second-order valence-corrected chi connectivity index (χ2v) is 9.40. The molecule has 0 spiro atoms. The molecule has 4 aromatic rings. The zero-order valence-corrected chi connectivity index (χ0v) is 18.1. The number of H-pyrrole nitrogens is 1. The third-order valence-electron chi connectivity index (χ3n) is 4.90. The van der Waals surface area contributed by atoms with Gasteiger partial charge >= 0.3 is 5.69 Å². The number of aryl methyl sites for hydroxylation is 1. The van der Waals surface area contributed by atoms with E-state index in [-0.39, 0.29) is 36.9 Å². The minimum absolute atomic E-state index is 0.146. The lowest BCUT2D eigenvalue weighted by Gasteiger charge is -2.11. The third kappa shape index (κ3) is 3.51. The summed E-state index contributed by atoms with van der Waals surface area (Å²) in [5.74, 6) is -0.358. The van der Waals surface area contributed by atoms with Crippen molar-refractivity contribution in [2.75, 3.05) is 0 Å². The molecule has 0 fully saturated rings. The fraction of sp³-hybridized carbons (Fsp3) is 0.0455. The van der Waals surface area contributed by atoms with Crippen LogP contribution in [0.5, 0.6) is 0 Å². The van der Waals surface area contributed by atoms with Crippen molar-refractivity contribution in [3.8, 4) is 0 Å². The van der Waals surface area contributed by atoms with E-state index in [0.717, 1.165) is 6.07 Å². The highest BCUT2D eigenvalue weighted by atomic mass is 35.5. The Balaban J connectivity index is 1.96. The number of halogens is 1. The number of carbonyl (C=O) groups excluding carboxylic acids is 1. The van der Waals surface area contributed by atoms with Crippen molar-refractivity contribution in [3.63, 3.8) is 0 Å². The average Bonchev–Trinajstić information content (AvgIpc) is 2.77. The molecule has 1 heterocycles. The van der Waals surface area contributed by atoms with Crippen molar-refractivity contribution >= 4 is 38.1 Å². The van der Waals surface area contributed by atoms with Gasteiger partial charge in [0.2, 0.25) is 9.84 Å². The number of rotatable bonds is 4. The van der Waals surface area contributed by atoms with Gasteiger partial charge in [0, 0.05) is 11.1 Å². The van der Waals surface area contributed by atoms with E-state index in [9.17, 15) is 28.0 Å². The predicted octanol–water partition coefficient (Wildman–Crippen LogP) is 2.95. The average molecular weight is 471 g/mol. The summed E-state index contributed by atoms with van der Waals surface area (Å²) < 4.78 is 26.8. The lowest BCUT2D eigenvalue weighted by Crippen LogP contribution is -2.33. The Bertz CT molecular complexity index is 1620. The number of carbonyl (C=O) groups is 1. The number of fused-ring (bicyclic) bond motifs is 1. The largest absolute Gasteiger partial charge is 0.421 e. The van der Waals surface area contributed by atoms with Crippen LogP contribution in [0.25, 0.3) is 10.9 Å². The number of benzene rings is 3. The summed E-state index contributed by atoms with van der Waals surface area (Å²) in [6.45, 7) is 1.65. The van der Waals surface area contributed by atoms with Gasteiger partial charge in [0.15, 0.2) is 5.78 Å². The Morgan fingerprint density at radius 3 is 2.38 bits per heavy atom. The van der Waals surface area contributed by atoms with Crippen molar-refractivity contribution in [2.45, 2.75) is 16.7 Å². The molecule has 0 aliphatic heterocycles. The second kappa shape index (κ2) is 7.77. The number of hydrogen-bond acceptors (Lipinski definition) is 6. The van der Waals surface area contributed by atoms with E-state index in [4.69, 9.17) is 11.6 Å². The molecule has 0 aliphatic rings. The van der Waals surface area contributed by atoms with Crippen LogP contribution in [0.1, 0.15) is 21.5 Å². The van der Waals surface area contributed by atoms with Crippen LogP contribution in [0.4, 0.5) is 0 Å². The molecule has 162 valence electrons. The number of nitrogens with one attached hydrogen (secondary N) is 1. The van der Waals surface area contributed by atoms with Crippen LogP contribution in [-0.4, -0.2) is 29.1 Å². The van der Waals surface area contributed by atoms with Crippen molar-refractivity contribution in [1.29, 1.82) is 0 Å². The molecule has 0 aliphatic carbocycles. The van der Waals surface area contributed by atoms with Gasteiger partial charge in [-0.2, -0.15) is 0 Å². The predicted molar refractivity (Wildman–Crippen MR) is 118 cm³/mol. The molecule has 1 aromatic heterocycles. The quantitative estimate of drug-likeness (QED) is 0.349. The van der Waals surface area contributed by atoms with E-state index >= 15 is 0 Å². The van der Waals surface area contributed by atoms with Crippen molar-refractivity contribution in [2.24, 2.45) is 0 Å². The van der Waals surface area contributed by atoms with E-state index in [1.54, 1.807) is 43.3 Å². The molecule has 3 aromatic carbocycles. The molecule has 0 saturated heterocycles. The van der Waals surface area contributed by atoms with Crippen molar-refractivity contribution in [1.82, 2.24) is 9.71 Å². The molecular formula is C22H15ClN2O6S. The van der Waals surface area contributed by atoms with Crippen LogP contribution in [0, 0.1) is 6.92 Å². The minimum atomic E-state index is -4.30. The van der Waals surface area contributed by atoms with Crippen molar-refractivity contribution in [3.05, 3.63) is 103 Å². The van der Waals surface area contributed by atoms with Crippen LogP contribution in [0.15, 0.2) is 80.0 Å². The molecular weight excluding hydrogens is 456 g/mol. The van der Waals surface area contributed by atoms with Gasteiger partial charge in [0.1, 0.15) is 0 Å². The maximum absolute atomic E-state index is 13.5. The Kier molecular flexibility index (Phi) is 5.23. The summed E-state index contributed by atoms with van der Waals surface area (Å²) in [5.41, 5.74) is -1.63. The normalized spacial score (nSPS) is 11.6. The molecule has 0 saturated carbocycles. The zero-order valence-electron chi connectivity index (χ0n) is 16.5. The molecule has 0 atom stereocenters. The fourth-order valence-corrected chi connectivity index (χ4v) is 5.18. The zero-order chi connectivity index (χ0) is 23.2. The number of aromatic amines is 1. The molecule has 4 rings (SSSR count). The Morgan fingerprint density at radius 1 is 1.00 bits per heavy atom. The first kappa shape index (κ1) is 21.5. The van der Waals surface area contributed by atoms with E-state index in [1.165, 1.54) is 18.2 Å². The smallest absolute Gasteiger partial charge is 0.362 e. The number of aromatic nitrogens is 2. The molecule has 0 amide bonds. The van der Waals surface area contributed by atoms with E-state index in [0.29, 0.717) is 11.1 Å². The first-order valence-electron chi connectivity index (χ1n) is 9.24. The monoisotopic (exact) mass is 470 g/mol. The maximum Gasteiger partial charge on any atom is 0.362 e. The molecule has 0 bridgehead atoms. The Morgan fingerprint density at radius 2 is 1.69 bits per heavy atom. The highest BCUT2D eigenvalue weighted by Crippen LogP contribution is 2.30. The SMILES string of the molecule is Cc1cc(C(=O)c2ccccc2)cc(S(=O)(=O)c2ccc(Cl)c3c(=O)n(O)c(=O)[nH]c23)c1. The Hall–Kier alpha value is -3.69. The van der Waals surface area contributed by atoms with E-state index < -0.39 is 26.0 Å². The topological polar surface area (TPSA) is 126 Å². The molecule has 2 N–H and O–H groups in total. The van der Waals surface area contributed by atoms with Gasteiger partial charge in [0.05, 0.1) is 25.7 Å². The van der Waals surface area contributed by atoms with E-state index in [1.807, 2.05) is 0 Å². The highest BCUT2D eigenvalue weighted by Gasteiger charge is 2.25. The van der Waals surface area contributed by atoms with Gasteiger partial charge in [-0.05, 0) is 42.8 Å². The number of nitrogens with zero attached hydrogens (tertiary/aromatic N) is 1. The van der Waals surface area contributed by atoms with Crippen molar-refractivity contribution < 1.29 is 18.4 Å². The van der Waals surface area contributed by atoms with Crippen LogP contribution in [0.2, 0.25) is 5.02 Å². The first-order valence-corrected chi connectivity index (χ1v) is 11.1. The summed E-state index contributed by atoms with van der Waals surface area (Å²) in [7, 11) is -4.30. The number of ketones is 1. The number of sulfone groups is 1. The van der Waals surface area contributed by atoms with Gasteiger partial charge < -0.3 is 10.2 Å². The third-order valence-corrected chi connectivity index (χ3v) is 6.99. The molecule has 10 heteroatoms. The molecule has 0 unspecified atom stereocenters. The maximum atomic E-state index is 13.5. The fourth-order valence-electron chi connectivity index (χ4n) is 3.39. The Labute approximate surface area is 186 Å². The van der Waals surface area contributed by atoms with Crippen LogP contribution < -0.4 is 11.2 Å². The van der Waals surface area contributed by atoms with Crippen LogP contribution in [-0.2, 0) is 9.84 Å². The van der Waals surface area contributed by atoms with Crippen LogP contribution >= 0.6 is 11.6 Å². The molecule has 32 heavy (non-hydrogen) atoms. The van der Waals surface area contributed by atoms with Gasteiger partial charge in [-0.1, -0.05) is 46.7 Å². The first-order chi connectivity index (χ1) is 15.1. The summed E-state index contributed by atoms with van der Waals surface area (Å²) >= 11 is 6.03.